The van der Waals surface area contributed by atoms with Crippen molar-refractivity contribution >= 4 is 39.1 Å². The van der Waals surface area contributed by atoms with Gasteiger partial charge in [-0.25, -0.2) is 0 Å². The van der Waals surface area contributed by atoms with E-state index >= 15 is 0 Å². The van der Waals surface area contributed by atoms with Crippen LogP contribution < -0.4 is 11.1 Å². The number of carbonyl (C=O) groups excluding carboxylic acids is 1. The van der Waals surface area contributed by atoms with Gasteiger partial charge in [0.15, 0.2) is 0 Å². The highest BCUT2D eigenvalue weighted by molar-refractivity contribution is 9.10. The lowest BCUT2D eigenvalue weighted by atomic mass is 10.2. The van der Waals surface area contributed by atoms with E-state index in [1.807, 2.05) is 0 Å². The van der Waals surface area contributed by atoms with Gasteiger partial charge in [-0.1, -0.05) is 17.7 Å². The molecular weight excluding hydrogens is 291 g/mol. The maximum atomic E-state index is 11.6. The van der Waals surface area contributed by atoms with Gasteiger partial charge < -0.3 is 11.1 Å². The lowest BCUT2D eigenvalue weighted by Crippen LogP contribution is -2.35. The van der Waals surface area contributed by atoms with Crippen molar-refractivity contribution in [2.45, 2.75) is 12.5 Å². The van der Waals surface area contributed by atoms with Gasteiger partial charge in [-0.3, -0.25) is 4.79 Å². The topological polar surface area (TPSA) is 55.1 Å². The number of carbonyl (C=O) groups is 1. The number of hydrogen-bond donors (Lipinski definition) is 2. The first kappa shape index (κ1) is 13.2. The van der Waals surface area contributed by atoms with Gasteiger partial charge in [0.05, 0.1) is 11.7 Å². The second-order valence-electron chi connectivity index (χ2n) is 3.24. The van der Waals surface area contributed by atoms with Gasteiger partial charge in [0.1, 0.15) is 0 Å². The third-order valence-electron chi connectivity index (χ3n) is 1.94. The minimum atomic E-state index is -0.594. The number of benzene rings is 1. The number of nitrogens with one attached hydrogen (secondary N) is 1. The first-order chi connectivity index (χ1) is 7.54. The van der Waals surface area contributed by atoms with Crippen LogP contribution in [0.1, 0.15) is 6.42 Å². The molecule has 1 unspecified atom stereocenters. The van der Waals surface area contributed by atoms with Crippen molar-refractivity contribution in [3.63, 3.8) is 0 Å². The fraction of sp³-hybridized carbons (Fsp3) is 0.182. The highest BCUT2D eigenvalue weighted by Crippen LogP contribution is 2.25. The van der Waals surface area contributed by atoms with E-state index in [0.29, 0.717) is 17.1 Å². The summed E-state index contributed by atoms with van der Waals surface area (Å²) in [4.78, 5) is 11.6. The van der Waals surface area contributed by atoms with Gasteiger partial charge in [-0.15, -0.1) is 6.58 Å². The fourth-order valence-corrected chi connectivity index (χ4v) is 1.62. The van der Waals surface area contributed by atoms with E-state index in [4.69, 9.17) is 17.3 Å². The fourth-order valence-electron chi connectivity index (χ4n) is 1.11. The SMILES string of the molecule is C=CCC(N)C(=O)Nc1cc(Cl)ccc1Br. The maximum absolute atomic E-state index is 11.6. The molecular formula is C11H12BrClN2O. The largest absolute Gasteiger partial charge is 0.324 e. The van der Waals surface area contributed by atoms with E-state index < -0.39 is 6.04 Å². The van der Waals surface area contributed by atoms with Crippen molar-refractivity contribution in [2.75, 3.05) is 5.32 Å². The Balaban J connectivity index is 2.76. The molecule has 1 aromatic rings. The highest BCUT2D eigenvalue weighted by atomic mass is 79.9. The molecule has 0 aliphatic carbocycles. The molecule has 0 saturated heterocycles. The molecule has 0 bridgehead atoms. The van der Waals surface area contributed by atoms with Crippen LogP contribution in [0.2, 0.25) is 5.02 Å². The summed E-state index contributed by atoms with van der Waals surface area (Å²) in [7, 11) is 0. The molecule has 0 spiro atoms. The van der Waals surface area contributed by atoms with E-state index in [2.05, 4.69) is 27.8 Å². The summed E-state index contributed by atoms with van der Waals surface area (Å²) < 4.78 is 0.760. The van der Waals surface area contributed by atoms with Crippen molar-refractivity contribution in [1.82, 2.24) is 0 Å². The van der Waals surface area contributed by atoms with Crippen LogP contribution >= 0.6 is 27.5 Å². The molecule has 0 aliphatic rings. The van der Waals surface area contributed by atoms with Crippen LogP contribution in [0.4, 0.5) is 5.69 Å². The van der Waals surface area contributed by atoms with Crippen molar-refractivity contribution in [3.8, 4) is 0 Å². The van der Waals surface area contributed by atoms with E-state index in [9.17, 15) is 4.79 Å². The lowest BCUT2D eigenvalue weighted by molar-refractivity contribution is -0.117. The van der Waals surface area contributed by atoms with Crippen molar-refractivity contribution < 1.29 is 4.79 Å². The van der Waals surface area contributed by atoms with Gasteiger partial charge in [0, 0.05) is 9.50 Å². The van der Waals surface area contributed by atoms with Crippen LogP contribution in [0.15, 0.2) is 35.3 Å². The number of rotatable bonds is 4. The Morgan fingerprint density at radius 3 is 3.00 bits per heavy atom. The maximum Gasteiger partial charge on any atom is 0.241 e. The van der Waals surface area contributed by atoms with E-state index in [-0.39, 0.29) is 5.91 Å². The standard InChI is InChI=1S/C11H12BrClN2O/c1-2-3-9(14)11(16)15-10-6-7(13)4-5-8(10)12/h2,4-6,9H,1,3,14H2,(H,15,16). The Morgan fingerprint density at radius 1 is 1.69 bits per heavy atom. The third-order valence-corrected chi connectivity index (χ3v) is 2.87. The Hall–Kier alpha value is -0.840. The second-order valence-corrected chi connectivity index (χ2v) is 4.54. The molecule has 0 saturated carbocycles. The van der Waals surface area contributed by atoms with Crippen molar-refractivity contribution in [3.05, 3.63) is 40.3 Å². The Morgan fingerprint density at radius 2 is 2.38 bits per heavy atom. The minimum absolute atomic E-state index is 0.261. The van der Waals surface area contributed by atoms with Crippen LogP contribution in [-0.2, 0) is 4.79 Å². The molecule has 1 atom stereocenters. The molecule has 0 fully saturated rings. The zero-order chi connectivity index (χ0) is 12.1. The van der Waals surface area contributed by atoms with Gasteiger partial charge in [-0.05, 0) is 40.5 Å². The number of anilines is 1. The summed E-state index contributed by atoms with van der Waals surface area (Å²) >= 11 is 9.13. The molecule has 3 nitrogen and oxygen atoms in total. The van der Waals surface area contributed by atoms with Crippen LogP contribution in [0.3, 0.4) is 0 Å². The molecule has 1 aromatic carbocycles. The third kappa shape index (κ3) is 3.63. The molecule has 1 amide bonds. The monoisotopic (exact) mass is 302 g/mol. The molecule has 86 valence electrons. The van der Waals surface area contributed by atoms with Gasteiger partial charge >= 0.3 is 0 Å². The quantitative estimate of drug-likeness (QED) is 0.840. The van der Waals surface area contributed by atoms with Crippen molar-refractivity contribution in [2.24, 2.45) is 5.73 Å². The zero-order valence-corrected chi connectivity index (χ0v) is 10.9. The smallest absolute Gasteiger partial charge is 0.241 e. The Labute approximate surface area is 108 Å². The van der Waals surface area contributed by atoms with Crippen LogP contribution in [0.5, 0.6) is 0 Å². The van der Waals surface area contributed by atoms with Gasteiger partial charge in [0.2, 0.25) is 5.91 Å². The summed E-state index contributed by atoms with van der Waals surface area (Å²) in [6, 6.07) is 4.55. The van der Waals surface area contributed by atoms with Crippen LogP contribution in [0.25, 0.3) is 0 Å². The lowest BCUT2D eigenvalue weighted by Gasteiger charge is -2.11. The molecule has 0 radical (unpaired) electrons. The predicted octanol–water partition coefficient (Wildman–Crippen LogP) is 2.94. The first-order valence-electron chi connectivity index (χ1n) is 4.67. The molecule has 0 aliphatic heterocycles. The average molecular weight is 304 g/mol. The van der Waals surface area contributed by atoms with Gasteiger partial charge in [0.25, 0.3) is 0 Å². The average Bonchev–Trinajstić information content (AvgIpc) is 2.23. The molecule has 5 heteroatoms. The molecule has 1 rings (SSSR count). The first-order valence-corrected chi connectivity index (χ1v) is 5.84. The number of halogens is 2. The summed E-state index contributed by atoms with van der Waals surface area (Å²) in [5, 5.41) is 3.24. The zero-order valence-electron chi connectivity index (χ0n) is 8.54. The summed E-state index contributed by atoms with van der Waals surface area (Å²) in [6.45, 7) is 3.53. The van der Waals surface area contributed by atoms with E-state index in [1.165, 1.54) is 0 Å². The van der Waals surface area contributed by atoms with Crippen molar-refractivity contribution in [1.29, 1.82) is 0 Å². The number of hydrogen-bond acceptors (Lipinski definition) is 2. The Kier molecular flexibility index (Phi) is 4.99. The van der Waals surface area contributed by atoms with Gasteiger partial charge in [-0.2, -0.15) is 0 Å². The molecule has 0 heterocycles. The van der Waals surface area contributed by atoms with E-state index in [0.717, 1.165) is 4.47 Å². The highest BCUT2D eigenvalue weighted by Gasteiger charge is 2.13. The van der Waals surface area contributed by atoms with E-state index in [1.54, 1.807) is 24.3 Å². The summed E-state index contributed by atoms with van der Waals surface area (Å²) in [6.07, 6.45) is 2.04. The second kappa shape index (κ2) is 6.03. The minimum Gasteiger partial charge on any atom is -0.324 e. The summed E-state index contributed by atoms with van der Waals surface area (Å²) in [5.41, 5.74) is 6.24. The normalized spacial score (nSPS) is 11.9. The molecule has 3 N–H and O–H groups in total. The molecule has 16 heavy (non-hydrogen) atoms. The number of amides is 1. The predicted molar refractivity (Wildman–Crippen MR) is 70.6 cm³/mol. The summed E-state index contributed by atoms with van der Waals surface area (Å²) in [5.74, 6) is -0.261. The van der Waals surface area contributed by atoms with Crippen LogP contribution in [0, 0.1) is 0 Å². The Bertz CT molecular complexity index is 409. The molecule has 0 aromatic heterocycles. The number of nitrogens with two attached hydrogens (primary N) is 1. The van der Waals surface area contributed by atoms with Crippen LogP contribution in [-0.4, -0.2) is 11.9 Å².